The average Bonchev–Trinajstić information content (AvgIpc) is 2.31. The number of hydrogen-bond acceptors (Lipinski definition) is 2. The van der Waals surface area contributed by atoms with Crippen LogP contribution in [0.2, 0.25) is 0 Å². The third-order valence-electron chi connectivity index (χ3n) is 2.13. The van der Waals surface area contributed by atoms with Gasteiger partial charge in [-0.2, -0.15) is 0 Å². The molecule has 0 bridgehead atoms. The fraction of sp³-hybridized carbons (Fsp3) is 1.00. The molecule has 0 aliphatic heterocycles. The monoisotopic (exact) mass is 328 g/mol. The van der Waals surface area contributed by atoms with Gasteiger partial charge in [0.15, 0.2) is 0 Å². The summed E-state index contributed by atoms with van der Waals surface area (Å²) in [6.07, 6.45) is 0. The van der Waals surface area contributed by atoms with Gasteiger partial charge in [-0.05, 0) is 26.9 Å². The molecule has 0 spiro atoms. The van der Waals surface area contributed by atoms with E-state index in [0.717, 1.165) is 26.2 Å². The number of nitrogens with two attached hydrogens (primary N) is 2. The number of likely N-dealkylation sites (N-methyl/N-ethyl adjacent to an activating group) is 4. The van der Waals surface area contributed by atoms with Crippen LogP contribution in [0.25, 0.3) is 0 Å². The van der Waals surface area contributed by atoms with Gasteiger partial charge >= 0.3 is 23.1 Å². The van der Waals surface area contributed by atoms with Crippen molar-refractivity contribution in [2.24, 2.45) is 0 Å². The molecule has 0 radical (unpaired) electrons. The Labute approximate surface area is 149 Å². The summed E-state index contributed by atoms with van der Waals surface area (Å²) in [4.78, 5) is 0. The molecule has 0 aliphatic carbocycles. The Hall–Kier alpha value is 1.19. The standard InChI is InChI=1S/2C6H16N2.2ClH.Mg/c2*1-3-7-5-6-8-4-2;;;/h2*7-8H,3-6H2,1-2H3;2*1H;/q;;;;+2. The van der Waals surface area contributed by atoms with Crippen LogP contribution in [0.5, 0.6) is 0 Å². The van der Waals surface area contributed by atoms with E-state index in [2.05, 4.69) is 49.0 Å². The molecule has 0 atom stereocenters. The number of nitrogens with one attached hydrogen (secondary N) is 2. The average molecular weight is 330 g/mol. The Bertz CT molecular complexity index is 89.7. The van der Waals surface area contributed by atoms with Crippen molar-refractivity contribution in [2.75, 3.05) is 52.4 Å². The SMILES string of the molecule is CCNCCNCC.CC[NH2+]CC[NH2+]CC.[Cl-].[Cl-].[Mg+2]. The van der Waals surface area contributed by atoms with Crippen LogP contribution in [0.3, 0.4) is 0 Å². The quantitative estimate of drug-likeness (QED) is 0.238. The van der Waals surface area contributed by atoms with Crippen LogP contribution < -0.4 is 46.1 Å². The largest absolute Gasteiger partial charge is 2.00 e. The van der Waals surface area contributed by atoms with Gasteiger partial charge in [0.1, 0.15) is 13.1 Å². The Morgan fingerprint density at radius 1 is 0.684 bits per heavy atom. The molecule has 0 unspecified atom stereocenters. The van der Waals surface area contributed by atoms with E-state index in [1.807, 2.05) is 0 Å². The fourth-order valence-corrected chi connectivity index (χ4v) is 1.17. The van der Waals surface area contributed by atoms with Crippen molar-refractivity contribution >= 4 is 23.1 Å². The van der Waals surface area contributed by atoms with Gasteiger partial charge in [0.05, 0.1) is 13.1 Å². The van der Waals surface area contributed by atoms with Gasteiger partial charge in [0.25, 0.3) is 0 Å². The van der Waals surface area contributed by atoms with Crippen LogP contribution in [0.15, 0.2) is 0 Å². The maximum Gasteiger partial charge on any atom is 2.00 e. The Balaban J connectivity index is -0.0000000594. The van der Waals surface area contributed by atoms with E-state index in [1.54, 1.807) is 0 Å². The summed E-state index contributed by atoms with van der Waals surface area (Å²) in [5.74, 6) is 0. The molecular weight excluding hydrogens is 295 g/mol. The number of hydrogen-bond donors (Lipinski definition) is 4. The van der Waals surface area contributed by atoms with E-state index in [0.29, 0.717) is 0 Å². The van der Waals surface area contributed by atoms with Gasteiger partial charge in [0, 0.05) is 13.1 Å². The first-order chi connectivity index (χ1) is 7.83. The predicted octanol–water partition coefficient (Wildman–Crippen LogP) is -8.01. The molecule has 0 aromatic carbocycles. The molecule has 0 heterocycles. The van der Waals surface area contributed by atoms with E-state index >= 15 is 0 Å². The van der Waals surface area contributed by atoms with Crippen LogP contribution in [0.4, 0.5) is 0 Å². The van der Waals surface area contributed by atoms with Gasteiger partial charge in [-0.3, -0.25) is 0 Å². The number of rotatable bonds is 10. The molecule has 0 aromatic heterocycles. The first-order valence-electron chi connectivity index (χ1n) is 6.88. The van der Waals surface area contributed by atoms with Gasteiger partial charge in [-0.1, -0.05) is 13.8 Å². The molecule has 0 fully saturated rings. The van der Waals surface area contributed by atoms with E-state index in [9.17, 15) is 0 Å². The van der Waals surface area contributed by atoms with Gasteiger partial charge in [-0.15, -0.1) is 0 Å². The van der Waals surface area contributed by atoms with Crippen molar-refractivity contribution in [2.45, 2.75) is 27.7 Å². The molecule has 0 aliphatic rings. The predicted molar refractivity (Wildman–Crippen MR) is 77.5 cm³/mol. The Morgan fingerprint density at radius 2 is 1.00 bits per heavy atom. The van der Waals surface area contributed by atoms with E-state index < -0.39 is 0 Å². The zero-order chi connectivity index (χ0) is 12.5. The smallest absolute Gasteiger partial charge is 1.00 e. The summed E-state index contributed by atoms with van der Waals surface area (Å²) in [5, 5.41) is 11.1. The zero-order valence-electron chi connectivity index (χ0n) is 13.3. The first kappa shape index (κ1) is 32.2. The minimum absolute atomic E-state index is 0. The molecule has 0 aromatic rings. The second kappa shape index (κ2) is 36.5. The molecule has 0 saturated heterocycles. The van der Waals surface area contributed by atoms with Gasteiger partial charge < -0.3 is 46.1 Å². The molecule has 116 valence electrons. The Morgan fingerprint density at radius 3 is 1.21 bits per heavy atom. The Kier molecular flexibility index (Phi) is 61.9. The van der Waals surface area contributed by atoms with Crippen LogP contribution >= 0.6 is 0 Å². The third-order valence-corrected chi connectivity index (χ3v) is 2.13. The van der Waals surface area contributed by atoms with Crippen molar-refractivity contribution in [1.82, 2.24) is 10.6 Å². The summed E-state index contributed by atoms with van der Waals surface area (Å²) in [7, 11) is 0. The van der Waals surface area contributed by atoms with E-state index in [4.69, 9.17) is 0 Å². The minimum Gasteiger partial charge on any atom is -1.00 e. The molecule has 0 amide bonds. The molecular formula is C12H34Cl2MgN4+2. The second-order valence-corrected chi connectivity index (χ2v) is 3.68. The van der Waals surface area contributed by atoms with Crippen molar-refractivity contribution in [3.8, 4) is 0 Å². The third kappa shape index (κ3) is 45.3. The van der Waals surface area contributed by atoms with Crippen LogP contribution in [0.1, 0.15) is 27.7 Å². The van der Waals surface area contributed by atoms with Gasteiger partial charge in [-0.25, -0.2) is 0 Å². The second-order valence-electron chi connectivity index (χ2n) is 3.68. The van der Waals surface area contributed by atoms with Gasteiger partial charge in [0.2, 0.25) is 0 Å². The summed E-state index contributed by atoms with van der Waals surface area (Å²) >= 11 is 0. The number of halogens is 2. The molecule has 7 heteroatoms. The summed E-state index contributed by atoms with van der Waals surface area (Å²) < 4.78 is 0. The van der Waals surface area contributed by atoms with Crippen LogP contribution in [-0.2, 0) is 0 Å². The molecule has 4 nitrogen and oxygen atoms in total. The summed E-state index contributed by atoms with van der Waals surface area (Å²) in [5.41, 5.74) is 0. The van der Waals surface area contributed by atoms with Crippen molar-refractivity contribution in [1.29, 1.82) is 0 Å². The molecule has 0 rings (SSSR count). The van der Waals surface area contributed by atoms with Crippen LogP contribution in [0, 0.1) is 0 Å². The van der Waals surface area contributed by atoms with Crippen molar-refractivity contribution < 1.29 is 35.4 Å². The molecule has 19 heavy (non-hydrogen) atoms. The van der Waals surface area contributed by atoms with E-state index in [1.165, 1.54) is 26.2 Å². The fourth-order valence-electron chi connectivity index (χ4n) is 1.17. The van der Waals surface area contributed by atoms with E-state index in [-0.39, 0.29) is 47.9 Å². The molecule has 6 N–H and O–H groups in total. The maximum absolute atomic E-state index is 3.22. The minimum atomic E-state index is 0. The summed E-state index contributed by atoms with van der Waals surface area (Å²) in [6.45, 7) is 17.9. The summed E-state index contributed by atoms with van der Waals surface area (Å²) in [6, 6.07) is 0. The topological polar surface area (TPSA) is 57.3 Å². The number of quaternary nitrogens is 2. The maximum atomic E-state index is 3.22. The van der Waals surface area contributed by atoms with Crippen molar-refractivity contribution in [3.05, 3.63) is 0 Å². The van der Waals surface area contributed by atoms with Crippen molar-refractivity contribution in [3.63, 3.8) is 0 Å². The molecule has 0 saturated carbocycles. The zero-order valence-corrected chi connectivity index (χ0v) is 16.2. The normalized spacial score (nSPS) is 8.21. The first-order valence-corrected chi connectivity index (χ1v) is 6.88. The van der Waals surface area contributed by atoms with Crippen LogP contribution in [-0.4, -0.2) is 75.4 Å².